The van der Waals surface area contributed by atoms with Gasteiger partial charge in [-0.1, -0.05) is 6.08 Å². The summed E-state index contributed by atoms with van der Waals surface area (Å²) in [5.74, 6) is -0.380. The van der Waals surface area contributed by atoms with Crippen LogP contribution in [0.3, 0.4) is 0 Å². The minimum absolute atomic E-state index is 0.0219. The van der Waals surface area contributed by atoms with Crippen LogP contribution in [-0.4, -0.2) is 45.2 Å². The smallest absolute Gasteiger partial charge is 0.334 e. The second kappa shape index (κ2) is 7.13. The molecule has 0 aliphatic carbocycles. The summed E-state index contributed by atoms with van der Waals surface area (Å²) in [6, 6.07) is 0.0219. The molecule has 2 unspecified atom stereocenters. The van der Waals surface area contributed by atoms with E-state index in [1.165, 1.54) is 7.11 Å². The Morgan fingerprint density at radius 1 is 1.55 bits per heavy atom. The number of rotatable bonds is 5. The Balaban J connectivity index is 2.94. The Morgan fingerprint density at radius 2 is 2.20 bits per heavy atom. The molecule has 0 radical (unpaired) electrons. The van der Waals surface area contributed by atoms with Crippen LogP contribution in [0.4, 0.5) is 0 Å². The first-order valence-corrected chi connectivity index (χ1v) is 7.81. The number of carbonyl (C=O) groups excluding carboxylic acids is 2. The standard InChI is InChI=1S/C14H23NO4S/c1-14(2,3)20(18)15-10-11(13(17)19-4)7-8-12(15)6-5-9-16/h7,9,12H,5-6,8,10H2,1-4H3. The maximum absolute atomic E-state index is 12.6. The predicted octanol–water partition coefficient (Wildman–Crippen LogP) is 1.60. The van der Waals surface area contributed by atoms with Crippen molar-refractivity contribution in [3.05, 3.63) is 11.6 Å². The summed E-state index contributed by atoms with van der Waals surface area (Å²) in [6.45, 7) is 6.00. The highest BCUT2D eigenvalue weighted by Gasteiger charge is 2.35. The summed E-state index contributed by atoms with van der Waals surface area (Å²) < 4.78 is 18.8. The summed E-state index contributed by atoms with van der Waals surface area (Å²) >= 11 is 0. The Hall–Kier alpha value is -1.01. The minimum Gasteiger partial charge on any atom is -0.466 e. The fraction of sp³-hybridized carbons (Fsp3) is 0.714. The number of esters is 1. The van der Waals surface area contributed by atoms with E-state index in [0.717, 1.165) is 6.29 Å². The van der Waals surface area contributed by atoms with Crippen LogP contribution in [0, 0.1) is 0 Å². The summed E-state index contributed by atoms with van der Waals surface area (Å²) in [6.07, 6.45) is 4.40. The summed E-state index contributed by atoms with van der Waals surface area (Å²) in [5, 5.41) is 0. The van der Waals surface area contributed by atoms with E-state index in [0.29, 0.717) is 31.4 Å². The number of carbonyl (C=O) groups is 2. The van der Waals surface area contributed by atoms with Crippen LogP contribution >= 0.6 is 0 Å². The third-order valence-corrected chi connectivity index (χ3v) is 5.07. The predicted molar refractivity (Wildman–Crippen MR) is 78.4 cm³/mol. The molecule has 1 aliphatic rings. The molecule has 2 atom stereocenters. The third-order valence-electron chi connectivity index (χ3n) is 3.17. The van der Waals surface area contributed by atoms with Crippen LogP contribution in [0.15, 0.2) is 11.6 Å². The van der Waals surface area contributed by atoms with Crippen molar-refractivity contribution < 1.29 is 18.5 Å². The normalized spacial score (nSPS) is 22.0. The number of aldehydes is 1. The van der Waals surface area contributed by atoms with E-state index in [2.05, 4.69) is 0 Å². The summed E-state index contributed by atoms with van der Waals surface area (Å²) in [5.41, 5.74) is 0.535. The molecule has 0 aromatic heterocycles. The lowest BCUT2D eigenvalue weighted by Crippen LogP contribution is -2.47. The maximum atomic E-state index is 12.6. The molecule has 20 heavy (non-hydrogen) atoms. The second-order valence-electron chi connectivity index (χ2n) is 5.79. The van der Waals surface area contributed by atoms with Crippen LogP contribution in [0.1, 0.15) is 40.0 Å². The van der Waals surface area contributed by atoms with Crippen LogP contribution in [0.25, 0.3) is 0 Å². The highest BCUT2D eigenvalue weighted by molar-refractivity contribution is 7.84. The SMILES string of the molecule is COC(=O)C1=CCC(CCC=O)N(S(=O)C(C)(C)C)C1. The maximum Gasteiger partial charge on any atom is 0.334 e. The van der Waals surface area contributed by atoms with Gasteiger partial charge >= 0.3 is 5.97 Å². The van der Waals surface area contributed by atoms with Crippen molar-refractivity contribution in [3.63, 3.8) is 0 Å². The van der Waals surface area contributed by atoms with Gasteiger partial charge in [-0.15, -0.1) is 0 Å². The van der Waals surface area contributed by atoms with Crippen molar-refractivity contribution in [3.8, 4) is 0 Å². The van der Waals surface area contributed by atoms with E-state index in [4.69, 9.17) is 4.74 Å². The average Bonchev–Trinajstić information content (AvgIpc) is 2.42. The first kappa shape index (κ1) is 17.0. The Bertz CT molecular complexity index is 425. The quantitative estimate of drug-likeness (QED) is 0.571. The first-order valence-electron chi connectivity index (χ1n) is 6.71. The zero-order chi connectivity index (χ0) is 15.3. The monoisotopic (exact) mass is 301 g/mol. The van der Waals surface area contributed by atoms with E-state index in [-0.39, 0.29) is 12.0 Å². The third kappa shape index (κ3) is 4.24. The number of nitrogens with zero attached hydrogens (tertiary/aromatic N) is 1. The Labute approximate surface area is 122 Å². The Kier molecular flexibility index (Phi) is 6.07. The topological polar surface area (TPSA) is 63.7 Å². The lowest BCUT2D eigenvalue weighted by atomic mass is 10.0. The van der Waals surface area contributed by atoms with Crippen molar-refractivity contribution in [1.29, 1.82) is 0 Å². The molecule has 6 heteroatoms. The van der Waals surface area contributed by atoms with Crippen molar-refractivity contribution in [2.75, 3.05) is 13.7 Å². The fourth-order valence-electron chi connectivity index (χ4n) is 2.10. The molecule has 1 aliphatic heterocycles. The number of methoxy groups -OCH3 is 1. The lowest BCUT2D eigenvalue weighted by molar-refractivity contribution is -0.136. The van der Waals surface area contributed by atoms with Gasteiger partial charge in [0.2, 0.25) is 0 Å². The van der Waals surface area contributed by atoms with Gasteiger partial charge in [-0.25, -0.2) is 13.3 Å². The molecule has 1 rings (SSSR count). The first-order chi connectivity index (χ1) is 9.31. The van der Waals surface area contributed by atoms with Gasteiger partial charge < -0.3 is 9.53 Å². The molecule has 0 bridgehead atoms. The average molecular weight is 301 g/mol. The van der Waals surface area contributed by atoms with E-state index in [9.17, 15) is 13.8 Å². The van der Waals surface area contributed by atoms with Crippen LogP contribution in [0.5, 0.6) is 0 Å². The molecule has 0 fully saturated rings. The number of ether oxygens (including phenoxy) is 1. The van der Waals surface area contributed by atoms with E-state index < -0.39 is 15.7 Å². The molecule has 0 aromatic carbocycles. The summed E-state index contributed by atoms with van der Waals surface area (Å²) in [4.78, 5) is 22.2. The lowest BCUT2D eigenvalue weighted by Gasteiger charge is -2.37. The Morgan fingerprint density at radius 3 is 2.70 bits per heavy atom. The van der Waals surface area contributed by atoms with Crippen LogP contribution in [0.2, 0.25) is 0 Å². The molecule has 0 N–H and O–H groups in total. The molecule has 0 aromatic rings. The number of hydrogen-bond acceptors (Lipinski definition) is 4. The van der Waals surface area contributed by atoms with Crippen molar-refractivity contribution in [1.82, 2.24) is 4.31 Å². The van der Waals surface area contributed by atoms with Crippen LogP contribution in [-0.2, 0) is 25.3 Å². The molecule has 0 saturated heterocycles. The van der Waals surface area contributed by atoms with E-state index in [1.807, 2.05) is 31.2 Å². The molecule has 0 saturated carbocycles. The molecule has 0 spiro atoms. The highest BCUT2D eigenvalue weighted by atomic mass is 32.2. The molecule has 0 amide bonds. The largest absolute Gasteiger partial charge is 0.466 e. The molecular weight excluding hydrogens is 278 g/mol. The van der Waals surface area contributed by atoms with Crippen molar-refractivity contribution >= 4 is 23.2 Å². The van der Waals surface area contributed by atoms with Gasteiger partial charge in [0, 0.05) is 24.6 Å². The molecular formula is C14H23NO4S. The van der Waals surface area contributed by atoms with Gasteiger partial charge in [-0.3, -0.25) is 0 Å². The molecule has 5 nitrogen and oxygen atoms in total. The van der Waals surface area contributed by atoms with Gasteiger partial charge in [0.1, 0.15) is 17.3 Å². The van der Waals surface area contributed by atoms with Crippen molar-refractivity contribution in [2.24, 2.45) is 0 Å². The van der Waals surface area contributed by atoms with Crippen LogP contribution < -0.4 is 0 Å². The van der Waals surface area contributed by atoms with Gasteiger partial charge in [-0.2, -0.15) is 0 Å². The number of hydrogen-bond donors (Lipinski definition) is 0. The molecule has 1 heterocycles. The van der Waals surface area contributed by atoms with Gasteiger partial charge in [0.25, 0.3) is 0 Å². The van der Waals surface area contributed by atoms with Crippen molar-refractivity contribution in [2.45, 2.75) is 50.8 Å². The molecule has 114 valence electrons. The zero-order valence-electron chi connectivity index (χ0n) is 12.5. The van der Waals surface area contributed by atoms with Gasteiger partial charge in [0.15, 0.2) is 0 Å². The zero-order valence-corrected chi connectivity index (χ0v) is 13.4. The van der Waals surface area contributed by atoms with Gasteiger partial charge in [0.05, 0.1) is 11.9 Å². The van der Waals surface area contributed by atoms with Gasteiger partial charge in [-0.05, 0) is 33.6 Å². The highest BCUT2D eigenvalue weighted by Crippen LogP contribution is 2.27. The summed E-state index contributed by atoms with van der Waals surface area (Å²) in [7, 11) is 0.112. The minimum atomic E-state index is -1.23. The van der Waals surface area contributed by atoms with E-state index >= 15 is 0 Å². The fourth-order valence-corrected chi connectivity index (χ4v) is 3.53. The van der Waals surface area contributed by atoms with E-state index in [1.54, 1.807) is 0 Å². The second-order valence-corrected chi connectivity index (χ2v) is 7.98.